The maximum absolute atomic E-state index is 12.0. The number of anilines is 1. The molecule has 2 rings (SSSR count). The highest BCUT2D eigenvalue weighted by Gasteiger charge is 2.10. The molecule has 0 fully saturated rings. The summed E-state index contributed by atoms with van der Waals surface area (Å²) < 4.78 is 6.15. The van der Waals surface area contributed by atoms with Crippen LogP contribution in [0.15, 0.2) is 52.0 Å². The quantitative estimate of drug-likeness (QED) is 0.352. The van der Waals surface area contributed by atoms with Crippen LogP contribution in [0.4, 0.5) is 11.4 Å². The van der Waals surface area contributed by atoms with Crippen molar-refractivity contribution in [2.24, 2.45) is 5.10 Å². The molecule has 152 valence electrons. The van der Waals surface area contributed by atoms with Gasteiger partial charge in [-0.1, -0.05) is 12.1 Å². The minimum Gasteiger partial charge on any atom is -0.483 e. The molecule has 0 atom stereocenters. The monoisotopic (exact) mass is 462 g/mol. The molecule has 2 aromatic rings. The van der Waals surface area contributed by atoms with E-state index in [0.29, 0.717) is 17.1 Å². The second kappa shape index (κ2) is 10.3. The van der Waals surface area contributed by atoms with E-state index in [9.17, 15) is 19.7 Å². The fourth-order valence-corrected chi connectivity index (χ4v) is 2.84. The summed E-state index contributed by atoms with van der Waals surface area (Å²) in [5.41, 5.74) is 3.91. The summed E-state index contributed by atoms with van der Waals surface area (Å²) in [6.45, 7) is 3.27. The first-order valence-electron chi connectivity index (χ1n) is 8.50. The summed E-state index contributed by atoms with van der Waals surface area (Å²) in [5.74, 6) is -0.362. The number of nitro groups is 1. The van der Waals surface area contributed by atoms with Crippen molar-refractivity contribution < 1.29 is 19.2 Å². The first kappa shape index (κ1) is 22.0. The lowest BCUT2D eigenvalue weighted by molar-refractivity contribution is -0.384. The third kappa shape index (κ3) is 7.34. The van der Waals surface area contributed by atoms with Crippen LogP contribution in [0.1, 0.15) is 18.9 Å². The third-order valence-electron chi connectivity index (χ3n) is 3.57. The zero-order chi connectivity index (χ0) is 21.4. The molecule has 2 amide bonds. The Labute approximate surface area is 175 Å². The van der Waals surface area contributed by atoms with E-state index in [0.717, 1.165) is 10.0 Å². The molecular weight excluding hydrogens is 444 g/mol. The summed E-state index contributed by atoms with van der Waals surface area (Å²) in [4.78, 5) is 34.1. The second-order valence-corrected chi connectivity index (χ2v) is 6.99. The SMILES string of the molecule is C/C(CC(=O)Nc1cccc([N+](=O)[O-])c1)=N\NC(=O)COc1ccc(C)cc1Br. The molecule has 0 saturated heterocycles. The molecule has 0 heterocycles. The van der Waals surface area contributed by atoms with Gasteiger partial charge in [0.15, 0.2) is 6.61 Å². The number of hydrazone groups is 1. The van der Waals surface area contributed by atoms with Crippen LogP contribution in [-0.4, -0.2) is 29.1 Å². The van der Waals surface area contributed by atoms with E-state index in [1.54, 1.807) is 19.1 Å². The Kier molecular flexibility index (Phi) is 7.84. The highest BCUT2D eigenvalue weighted by atomic mass is 79.9. The van der Waals surface area contributed by atoms with Crippen molar-refractivity contribution in [3.8, 4) is 5.75 Å². The molecule has 2 N–H and O–H groups in total. The van der Waals surface area contributed by atoms with Crippen LogP contribution in [0.25, 0.3) is 0 Å². The molecule has 0 bridgehead atoms. The fraction of sp³-hybridized carbons (Fsp3) is 0.211. The molecule has 0 saturated carbocycles. The normalized spacial score (nSPS) is 10.9. The van der Waals surface area contributed by atoms with Crippen molar-refractivity contribution in [2.75, 3.05) is 11.9 Å². The summed E-state index contributed by atoms with van der Waals surface area (Å²) in [6.07, 6.45) is -0.0899. The predicted octanol–water partition coefficient (Wildman–Crippen LogP) is 3.57. The first-order chi connectivity index (χ1) is 13.7. The number of amides is 2. The third-order valence-corrected chi connectivity index (χ3v) is 4.19. The number of aryl methyl sites for hydroxylation is 1. The molecule has 9 nitrogen and oxygen atoms in total. The van der Waals surface area contributed by atoms with Crippen molar-refractivity contribution in [3.63, 3.8) is 0 Å². The zero-order valence-electron chi connectivity index (χ0n) is 15.8. The van der Waals surface area contributed by atoms with Crippen LogP contribution in [-0.2, 0) is 9.59 Å². The Hall–Kier alpha value is -3.27. The number of ether oxygens (including phenoxy) is 1. The maximum Gasteiger partial charge on any atom is 0.277 e. The molecule has 0 aromatic heterocycles. The van der Waals surface area contributed by atoms with Crippen molar-refractivity contribution in [1.29, 1.82) is 0 Å². The Morgan fingerprint density at radius 3 is 2.66 bits per heavy atom. The first-order valence-corrected chi connectivity index (χ1v) is 9.29. The van der Waals surface area contributed by atoms with E-state index in [1.165, 1.54) is 18.2 Å². The fourth-order valence-electron chi connectivity index (χ4n) is 2.23. The van der Waals surface area contributed by atoms with Crippen LogP contribution >= 0.6 is 15.9 Å². The van der Waals surface area contributed by atoms with Crippen molar-refractivity contribution in [1.82, 2.24) is 5.43 Å². The molecule has 0 aliphatic heterocycles. The molecule has 29 heavy (non-hydrogen) atoms. The minimum absolute atomic E-state index is 0.0899. The minimum atomic E-state index is -0.547. The van der Waals surface area contributed by atoms with E-state index < -0.39 is 16.7 Å². The standard InChI is InChI=1S/C19H19BrN4O5/c1-12-6-7-17(16(20)8-12)29-11-19(26)23-22-13(2)9-18(25)21-14-4-3-5-15(10-14)24(27)28/h3-8,10H,9,11H2,1-2H3,(H,21,25)(H,23,26)/b22-13+. The van der Waals surface area contributed by atoms with Gasteiger partial charge in [0.25, 0.3) is 11.6 Å². The van der Waals surface area contributed by atoms with Gasteiger partial charge in [-0.3, -0.25) is 19.7 Å². The Balaban J connectivity index is 1.81. The topological polar surface area (TPSA) is 123 Å². The van der Waals surface area contributed by atoms with Gasteiger partial charge in [-0.15, -0.1) is 0 Å². The van der Waals surface area contributed by atoms with Gasteiger partial charge in [0.05, 0.1) is 15.8 Å². The number of carbonyl (C=O) groups excluding carboxylic acids is 2. The van der Waals surface area contributed by atoms with Crippen LogP contribution < -0.4 is 15.5 Å². The van der Waals surface area contributed by atoms with Crippen LogP contribution in [0, 0.1) is 17.0 Å². The van der Waals surface area contributed by atoms with Gasteiger partial charge in [0.1, 0.15) is 5.75 Å². The van der Waals surface area contributed by atoms with Crippen LogP contribution in [0.5, 0.6) is 5.75 Å². The van der Waals surface area contributed by atoms with Gasteiger partial charge in [0.2, 0.25) is 5.91 Å². The number of carbonyl (C=O) groups is 2. The summed E-state index contributed by atoms with van der Waals surface area (Å²) in [6, 6.07) is 11.1. The van der Waals surface area contributed by atoms with Crippen molar-refractivity contribution in [2.45, 2.75) is 20.3 Å². The van der Waals surface area contributed by atoms with Gasteiger partial charge in [-0.05, 0) is 53.5 Å². The van der Waals surface area contributed by atoms with Gasteiger partial charge >= 0.3 is 0 Å². The largest absolute Gasteiger partial charge is 0.483 e. The Bertz CT molecular complexity index is 961. The summed E-state index contributed by atoms with van der Waals surface area (Å²) >= 11 is 3.36. The Morgan fingerprint density at radius 2 is 1.97 bits per heavy atom. The molecule has 0 aliphatic rings. The van der Waals surface area contributed by atoms with Gasteiger partial charge in [-0.2, -0.15) is 5.10 Å². The Morgan fingerprint density at radius 1 is 1.21 bits per heavy atom. The molecule has 0 spiro atoms. The van der Waals surface area contributed by atoms with E-state index >= 15 is 0 Å². The average molecular weight is 463 g/mol. The molecule has 0 unspecified atom stereocenters. The number of nitrogens with one attached hydrogen (secondary N) is 2. The number of nitrogens with zero attached hydrogens (tertiary/aromatic N) is 2. The van der Waals surface area contributed by atoms with Crippen LogP contribution in [0.3, 0.4) is 0 Å². The predicted molar refractivity (Wildman–Crippen MR) is 112 cm³/mol. The number of nitro benzene ring substituents is 1. The van der Waals surface area contributed by atoms with Gasteiger partial charge in [-0.25, -0.2) is 5.43 Å². The van der Waals surface area contributed by atoms with Crippen molar-refractivity contribution >= 4 is 44.8 Å². The number of hydrogen-bond donors (Lipinski definition) is 2. The summed E-state index contributed by atoms with van der Waals surface area (Å²) in [7, 11) is 0. The van der Waals surface area contributed by atoms with E-state index in [1.807, 2.05) is 19.1 Å². The molecule has 0 aliphatic carbocycles. The summed E-state index contributed by atoms with van der Waals surface area (Å²) in [5, 5.41) is 17.2. The van der Waals surface area contributed by atoms with Gasteiger partial charge in [0, 0.05) is 23.5 Å². The lowest BCUT2D eigenvalue weighted by Gasteiger charge is -2.08. The highest BCUT2D eigenvalue weighted by Crippen LogP contribution is 2.25. The smallest absolute Gasteiger partial charge is 0.277 e. The molecule has 2 aromatic carbocycles. The zero-order valence-corrected chi connectivity index (χ0v) is 17.4. The molecule has 0 radical (unpaired) electrons. The maximum atomic E-state index is 12.0. The lowest BCUT2D eigenvalue weighted by Crippen LogP contribution is -2.26. The molecule has 10 heteroatoms. The van der Waals surface area contributed by atoms with Crippen LogP contribution in [0.2, 0.25) is 0 Å². The van der Waals surface area contributed by atoms with Gasteiger partial charge < -0.3 is 10.1 Å². The number of rotatable bonds is 8. The lowest BCUT2D eigenvalue weighted by atomic mass is 10.2. The van der Waals surface area contributed by atoms with E-state index in [-0.39, 0.29) is 18.7 Å². The number of benzene rings is 2. The van der Waals surface area contributed by atoms with Crippen molar-refractivity contribution in [3.05, 3.63) is 62.6 Å². The number of non-ortho nitro benzene ring substituents is 1. The number of hydrogen-bond acceptors (Lipinski definition) is 6. The average Bonchev–Trinajstić information content (AvgIpc) is 2.65. The van der Waals surface area contributed by atoms with E-state index in [4.69, 9.17) is 4.74 Å². The van der Waals surface area contributed by atoms with E-state index in [2.05, 4.69) is 31.8 Å². The molecular formula is C19H19BrN4O5. The highest BCUT2D eigenvalue weighted by molar-refractivity contribution is 9.10. The second-order valence-electron chi connectivity index (χ2n) is 6.14. The number of halogens is 1.